The Kier molecular flexibility index (Phi) is 5.04. The summed E-state index contributed by atoms with van der Waals surface area (Å²) in [6, 6.07) is 4.11. The van der Waals surface area contributed by atoms with Crippen LogP contribution in [0.2, 0.25) is 0 Å². The fraction of sp³-hybridized carbons (Fsp3) is 0.565. The second kappa shape index (κ2) is 7.75. The summed E-state index contributed by atoms with van der Waals surface area (Å²) in [7, 11) is 0. The minimum atomic E-state index is -0.185. The van der Waals surface area contributed by atoms with Gasteiger partial charge in [0.25, 0.3) is 5.56 Å². The Morgan fingerprint density at radius 1 is 1.26 bits per heavy atom. The molecule has 1 spiro atoms. The summed E-state index contributed by atoms with van der Waals surface area (Å²) in [6.07, 6.45) is 6.20. The van der Waals surface area contributed by atoms with E-state index < -0.39 is 0 Å². The zero-order valence-electron chi connectivity index (χ0n) is 18.3. The zero-order valence-corrected chi connectivity index (χ0v) is 18.3. The second-order valence-electron chi connectivity index (χ2n) is 9.45. The predicted molar refractivity (Wildman–Crippen MR) is 117 cm³/mol. The molecule has 0 saturated carbocycles. The first-order chi connectivity index (χ1) is 14.9. The van der Waals surface area contributed by atoms with Crippen LogP contribution in [0.5, 0.6) is 0 Å². The molecule has 3 aliphatic rings. The lowest BCUT2D eigenvalue weighted by Gasteiger charge is -2.29. The molecule has 5 heterocycles. The highest BCUT2D eigenvalue weighted by Crippen LogP contribution is 2.41. The van der Waals surface area contributed by atoms with E-state index in [-0.39, 0.29) is 23.0 Å². The highest BCUT2D eigenvalue weighted by atomic mass is 16.2. The molecular weight excluding hydrogens is 392 g/mol. The Hall–Kier alpha value is -2.74. The molecule has 3 aliphatic heterocycles. The van der Waals surface area contributed by atoms with Crippen LogP contribution >= 0.6 is 0 Å². The van der Waals surface area contributed by atoms with Gasteiger partial charge < -0.3 is 10.2 Å². The van der Waals surface area contributed by atoms with Crippen molar-refractivity contribution in [2.24, 2.45) is 0 Å². The number of pyridine rings is 1. The lowest BCUT2D eigenvalue weighted by Crippen LogP contribution is -2.43. The van der Waals surface area contributed by atoms with E-state index in [0.29, 0.717) is 26.2 Å². The molecule has 0 unspecified atom stereocenters. The summed E-state index contributed by atoms with van der Waals surface area (Å²) in [5.74, 6) is 0.900. The van der Waals surface area contributed by atoms with Crippen molar-refractivity contribution in [3.05, 3.63) is 57.5 Å². The molecule has 1 saturated heterocycles. The largest absolute Gasteiger partial charge is 0.336 e. The van der Waals surface area contributed by atoms with Crippen LogP contribution in [0.3, 0.4) is 0 Å². The van der Waals surface area contributed by atoms with E-state index in [0.717, 1.165) is 55.0 Å². The maximum atomic E-state index is 13.4. The third-order valence-electron chi connectivity index (χ3n) is 6.87. The van der Waals surface area contributed by atoms with Gasteiger partial charge in [-0.3, -0.25) is 19.2 Å². The van der Waals surface area contributed by atoms with Crippen LogP contribution < -0.4 is 10.9 Å². The van der Waals surface area contributed by atoms with Crippen molar-refractivity contribution in [2.45, 2.75) is 64.2 Å². The van der Waals surface area contributed by atoms with Crippen molar-refractivity contribution >= 4 is 6.03 Å². The van der Waals surface area contributed by atoms with E-state index in [1.54, 1.807) is 6.20 Å². The monoisotopic (exact) mass is 422 g/mol. The van der Waals surface area contributed by atoms with Crippen molar-refractivity contribution in [1.29, 1.82) is 0 Å². The third kappa shape index (κ3) is 3.63. The quantitative estimate of drug-likeness (QED) is 0.814. The number of rotatable bonds is 3. The fourth-order valence-corrected chi connectivity index (χ4v) is 5.28. The molecule has 0 aliphatic carbocycles. The Morgan fingerprint density at radius 3 is 2.87 bits per heavy atom. The maximum Gasteiger partial charge on any atom is 0.317 e. The number of fused-ring (bicyclic) bond motifs is 3. The van der Waals surface area contributed by atoms with Crippen LogP contribution in [0.4, 0.5) is 4.79 Å². The van der Waals surface area contributed by atoms with E-state index >= 15 is 0 Å². The SMILES string of the molecule is CC(C)NC(=O)N1CC[C@@]2(CCn3c2nc2c(c3=O)CN(Cc3cccnc3)CC2)C1. The summed E-state index contributed by atoms with van der Waals surface area (Å²) in [5.41, 5.74) is 2.87. The smallest absolute Gasteiger partial charge is 0.317 e. The summed E-state index contributed by atoms with van der Waals surface area (Å²) in [6.45, 7) is 8.29. The van der Waals surface area contributed by atoms with E-state index in [1.807, 2.05) is 35.6 Å². The molecule has 1 fully saturated rings. The molecule has 1 N–H and O–H groups in total. The van der Waals surface area contributed by atoms with Crippen molar-refractivity contribution in [2.75, 3.05) is 19.6 Å². The van der Waals surface area contributed by atoms with Crippen molar-refractivity contribution < 1.29 is 4.79 Å². The van der Waals surface area contributed by atoms with Gasteiger partial charge in [-0.25, -0.2) is 9.78 Å². The van der Waals surface area contributed by atoms with Gasteiger partial charge in [0, 0.05) is 69.5 Å². The predicted octanol–water partition coefficient (Wildman–Crippen LogP) is 1.66. The van der Waals surface area contributed by atoms with E-state index in [1.165, 1.54) is 0 Å². The molecule has 2 aromatic rings. The van der Waals surface area contributed by atoms with Gasteiger partial charge in [0.1, 0.15) is 5.82 Å². The molecule has 164 valence electrons. The first-order valence-corrected chi connectivity index (χ1v) is 11.2. The minimum Gasteiger partial charge on any atom is -0.336 e. The minimum absolute atomic E-state index is 0.0170. The molecule has 0 aromatic carbocycles. The third-order valence-corrected chi connectivity index (χ3v) is 6.87. The van der Waals surface area contributed by atoms with Gasteiger partial charge in [-0.15, -0.1) is 0 Å². The molecule has 0 bridgehead atoms. The number of urea groups is 1. The highest BCUT2D eigenvalue weighted by molar-refractivity contribution is 5.75. The number of nitrogens with one attached hydrogen (secondary N) is 1. The molecule has 8 nitrogen and oxygen atoms in total. The Bertz CT molecular complexity index is 1050. The number of nitrogens with zero attached hydrogens (tertiary/aromatic N) is 5. The Labute approximate surface area is 182 Å². The van der Waals surface area contributed by atoms with Crippen molar-refractivity contribution in [3.63, 3.8) is 0 Å². The maximum absolute atomic E-state index is 13.4. The van der Waals surface area contributed by atoms with Crippen LogP contribution in [-0.4, -0.2) is 56.0 Å². The first kappa shape index (κ1) is 20.2. The van der Waals surface area contributed by atoms with Crippen LogP contribution in [-0.2, 0) is 31.5 Å². The normalized spacial score (nSPS) is 22.7. The molecule has 8 heteroatoms. The van der Waals surface area contributed by atoms with Gasteiger partial charge in [0.2, 0.25) is 0 Å². The zero-order chi connectivity index (χ0) is 21.6. The van der Waals surface area contributed by atoms with E-state index in [9.17, 15) is 9.59 Å². The molecule has 31 heavy (non-hydrogen) atoms. The lowest BCUT2D eigenvalue weighted by molar-refractivity contribution is 0.202. The van der Waals surface area contributed by atoms with Gasteiger partial charge >= 0.3 is 6.03 Å². The molecule has 2 amide bonds. The number of likely N-dealkylation sites (tertiary alicyclic amines) is 1. The fourth-order valence-electron chi connectivity index (χ4n) is 5.28. The average Bonchev–Trinajstić information content (AvgIpc) is 3.34. The molecule has 0 radical (unpaired) electrons. The molecular formula is C23H30N6O2. The average molecular weight is 423 g/mol. The summed E-state index contributed by atoms with van der Waals surface area (Å²) in [5, 5.41) is 2.99. The van der Waals surface area contributed by atoms with Crippen molar-refractivity contribution in [1.82, 2.24) is 29.7 Å². The van der Waals surface area contributed by atoms with E-state index in [4.69, 9.17) is 4.98 Å². The van der Waals surface area contributed by atoms with Gasteiger partial charge in [0.15, 0.2) is 0 Å². The van der Waals surface area contributed by atoms with Gasteiger partial charge in [-0.2, -0.15) is 0 Å². The molecule has 1 atom stereocenters. The highest BCUT2D eigenvalue weighted by Gasteiger charge is 2.48. The Morgan fingerprint density at radius 2 is 2.10 bits per heavy atom. The molecule has 5 rings (SSSR count). The first-order valence-electron chi connectivity index (χ1n) is 11.2. The van der Waals surface area contributed by atoms with Crippen LogP contribution in [0.15, 0.2) is 29.3 Å². The molecule has 2 aromatic heterocycles. The van der Waals surface area contributed by atoms with Crippen LogP contribution in [0.1, 0.15) is 49.3 Å². The van der Waals surface area contributed by atoms with Gasteiger partial charge in [0.05, 0.1) is 11.3 Å². The standard InChI is InChI=1S/C23H30N6O2/c1-16(2)25-22(31)28-10-6-23(15-28)7-11-29-20(30)18-14-27(9-5-19(18)26-21(23)29)13-17-4-3-8-24-12-17/h3-4,8,12,16H,5-7,9-11,13-15H2,1-2H3,(H,25,31)/t23-/m1/s1. The number of hydrogen-bond donors (Lipinski definition) is 1. The number of carbonyl (C=O) groups excluding carboxylic acids is 1. The second-order valence-corrected chi connectivity index (χ2v) is 9.45. The number of carbonyl (C=O) groups is 1. The Balaban J connectivity index is 1.38. The topological polar surface area (TPSA) is 83.4 Å². The van der Waals surface area contributed by atoms with Crippen LogP contribution in [0.25, 0.3) is 0 Å². The number of aromatic nitrogens is 3. The van der Waals surface area contributed by atoms with Gasteiger partial charge in [-0.1, -0.05) is 6.07 Å². The summed E-state index contributed by atoms with van der Waals surface area (Å²) >= 11 is 0. The van der Waals surface area contributed by atoms with Gasteiger partial charge in [-0.05, 0) is 38.3 Å². The summed E-state index contributed by atoms with van der Waals surface area (Å²) in [4.78, 5) is 39.3. The van der Waals surface area contributed by atoms with E-state index in [2.05, 4.69) is 21.3 Å². The number of amides is 2. The van der Waals surface area contributed by atoms with Crippen molar-refractivity contribution in [3.8, 4) is 0 Å². The van der Waals surface area contributed by atoms with Crippen LogP contribution in [0, 0.1) is 0 Å². The summed E-state index contributed by atoms with van der Waals surface area (Å²) < 4.78 is 1.89. The number of hydrogen-bond acceptors (Lipinski definition) is 5. The lowest BCUT2D eigenvalue weighted by atomic mass is 9.85.